The minimum Gasteiger partial charge on any atom is -0.236 e. The van der Waals surface area contributed by atoms with Crippen LogP contribution in [0.15, 0.2) is 54.1 Å². The van der Waals surface area contributed by atoms with Gasteiger partial charge in [-0.2, -0.15) is 0 Å². The zero-order chi connectivity index (χ0) is 18.5. The van der Waals surface area contributed by atoms with Crippen LogP contribution in [-0.4, -0.2) is 35.7 Å². The second-order valence-corrected chi connectivity index (χ2v) is 8.21. The zero-order valence-electron chi connectivity index (χ0n) is 16.8. The third-order valence-corrected chi connectivity index (χ3v) is 7.28. The van der Waals surface area contributed by atoms with Crippen molar-refractivity contribution in [3.63, 3.8) is 0 Å². The summed E-state index contributed by atoms with van der Waals surface area (Å²) in [5, 5.41) is 5.12. The van der Waals surface area contributed by atoms with Crippen LogP contribution in [-0.2, 0) is 0 Å². The van der Waals surface area contributed by atoms with E-state index >= 15 is 0 Å². The Kier molecular flexibility index (Phi) is 4.45. The smallest absolute Gasteiger partial charge is 0.0633 e. The van der Waals surface area contributed by atoms with Gasteiger partial charge in [-0.25, -0.2) is 10.0 Å². The van der Waals surface area contributed by atoms with Gasteiger partial charge in [0.05, 0.1) is 12.1 Å². The summed E-state index contributed by atoms with van der Waals surface area (Å²) < 4.78 is 0. The van der Waals surface area contributed by atoms with E-state index in [-0.39, 0.29) is 5.41 Å². The molecule has 138 valence electrons. The number of nitrogens with zero attached hydrogens (tertiary/aromatic N) is 2. The lowest BCUT2D eigenvalue weighted by Gasteiger charge is -2.61. The molecule has 1 aromatic carbocycles. The maximum atomic E-state index is 4.37. The molecule has 0 spiro atoms. The molecule has 0 aromatic heterocycles. The molecule has 0 radical (unpaired) electrons. The topological polar surface area (TPSA) is 6.48 Å². The zero-order valence-corrected chi connectivity index (χ0v) is 16.8. The van der Waals surface area contributed by atoms with Crippen molar-refractivity contribution in [1.82, 2.24) is 10.0 Å². The molecule has 2 heterocycles. The van der Waals surface area contributed by atoms with E-state index in [0.29, 0.717) is 12.1 Å². The van der Waals surface area contributed by atoms with Crippen molar-refractivity contribution in [2.45, 2.75) is 58.5 Å². The molecule has 26 heavy (non-hydrogen) atoms. The minimum absolute atomic E-state index is 0.0682. The van der Waals surface area contributed by atoms with Crippen LogP contribution in [0.4, 0.5) is 0 Å². The van der Waals surface area contributed by atoms with Gasteiger partial charge in [0.1, 0.15) is 0 Å². The van der Waals surface area contributed by atoms with Crippen molar-refractivity contribution >= 4 is 5.57 Å². The second kappa shape index (κ2) is 6.51. The molecule has 3 aliphatic rings. The van der Waals surface area contributed by atoms with Crippen LogP contribution in [0.5, 0.6) is 0 Å². The van der Waals surface area contributed by atoms with Crippen LogP contribution in [0.3, 0.4) is 0 Å². The number of likely N-dealkylation sites (N-methyl/N-ethyl adjacent to an activating group) is 1. The van der Waals surface area contributed by atoms with Crippen molar-refractivity contribution in [1.29, 1.82) is 0 Å². The molecule has 0 amide bonds. The first-order chi connectivity index (χ1) is 12.5. The number of benzene rings is 1. The van der Waals surface area contributed by atoms with Crippen LogP contribution in [0.2, 0.25) is 0 Å². The van der Waals surface area contributed by atoms with Crippen molar-refractivity contribution in [2.24, 2.45) is 5.41 Å². The summed E-state index contributed by atoms with van der Waals surface area (Å²) in [5.41, 5.74) is 7.60. The summed E-state index contributed by atoms with van der Waals surface area (Å²) in [6.07, 6.45) is 9.40. The lowest BCUT2D eigenvalue weighted by atomic mass is 9.66. The minimum atomic E-state index is 0.0682. The van der Waals surface area contributed by atoms with E-state index in [1.165, 1.54) is 17.5 Å². The molecule has 1 fully saturated rings. The van der Waals surface area contributed by atoms with Crippen molar-refractivity contribution in [3.05, 3.63) is 65.3 Å². The average Bonchev–Trinajstić information content (AvgIpc) is 2.86. The molecule has 1 saturated heterocycles. The molecule has 3 atom stereocenters. The lowest BCUT2D eigenvalue weighted by molar-refractivity contribution is -0.204. The van der Waals surface area contributed by atoms with E-state index in [4.69, 9.17) is 0 Å². The van der Waals surface area contributed by atoms with Gasteiger partial charge in [0.2, 0.25) is 0 Å². The normalized spacial score (nSPS) is 32.2. The van der Waals surface area contributed by atoms with Crippen LogP contribution >= 0.6 is 0 Å². The summed E-state index contributed by atoms with van der Waals surface area (Å²) in [5.74, 6) is 0. The van der Waals surface area contributed by atoms with Crippen molar-refractivity contribution in [3.8, 4) is 0 Å². The predicted octanol–water partition coefficient (Wildman–Crippen LogP) is 5.37. The molecular formula is C24H32N2. The summed E-state index contributed by atoms with van der Waals surface area (Å²) in [6.45, 7) is 12.4. The molecule has 2 unspecified atom stereocenters. The van der Waals surface area contributed by atoms with Gasteiger partial charge in [0.15, 0.2) is 0 Å². The maximum Gasteiger partial charge on any atom is 0.0633 e. The molecule has 0 saturated carbocycles. The van der Waals surface area contributed by atoms with Gasteiger partial charge < -0.3 is 0 Å². The van der Waals surface area contributed by atoms with E-state index in [1.54, 1.807) is 16.7 Å². The van der Waals surface area contributed by atoms with E-state index in [2.05, 4.69) is 80.8 Å². The molecule has 1 aromatic rings. The van der Waals surface area contributed by atoms with Gasteiger partial charge in [0, 0.05) is 19.0 Å². The Hall–Kier alpha value is -1.64. The Morgan fingerprint density at radius 3 is 2.73 bits per heavy atom. The quantitative estimate of drug-likeness (QED) is 0.677. The fourth-order valence-corrected chi connectivity index (χ4v) is 5.79. The maximum absolute atomic E-state index is 4.37. The molecule has 0 bridgehead atoms. The van der Waals surface area contributed by atoms with Gasteiger partial charge >= 0.3 is 0 Å². The van der Waals surface area contributed by atoms with E-state index in [1.807, 2.05) is 0 Å². The van der Waals surface area contributed by atoms with Crippen LogP contribution in [0.1, 0.15) is 50.7 Å². The third kappa shape index (κ3) is 2.32. The first-order valence-corrected chi connectivity index (χ1v) is 10.1. The highest BCUT2D eigenvalue weighted by atomic mass is 15.7. The SMILES string of the molecule is C=CC12CCC=C(CC)[C@@H]3C1N(CCC(c1ccccc1C)=C2C)N3C. The fourth-order valence-electron chi connectivity index (χ4n) is 5.79. The van der Waals surface area contributed by atoms with Gasteiger partial charge in [-0.1, -0.05) is 54.5 Å². The highest BCUT2D eigenvalue weighted by Gasteiger charge is 2.57. The molecular weight excluding hydrogens is 316 g/mol. The van der Waals surface area contributed by atoms with Gasteiger partial charge in [-0.05, 0) is 56.2 Å². The molecule has 4 rings (SSSR count). The average molecular weight is 349 g/mol. The number of rotatable bonds is 3. The first-order valence-electron chi connectivity index (χ1n) is 10.1. The molecule has 2 heteroatoms. The Bertz CT molecular complexity index is 787. The van der Waals surface area contributed by atoms with Crippen LogP contribution in [0.25, 0.3) is 5.57 Å². The van der Waals surface area contributed by atoms with Crippen molar-refractivity contribution < 1.29 is 0 Å². The number of hydrogen-bond acceptors (Lipinski definition) is 2. The Morgan fingerprint density at radius 2 is 2.04 bits per heavy atom. The summed E-state index contributed by atoms with van der Waals surface area (Å²) >= 11 is 0. The van der Waals surface area contributed by atoms with Gasteiger partial charge in [-0.15, -0.1) is 6.58 Å². The Balaban J connectivity index is 1.88. The van der Waals surface area contributed by atoms with Crippen molar-refractivity contribution in [2.75, 3.05) is 13.6 Å². The summed E-state index contributed by atoms with van der Waals surface area (Å²) in [6, 6.07) is 9.94. The number of allylic oxidation sites excluding steroid dienone is 1. The second-order valence-electron chi connectivity index (χ2n) is 8.21. The molecule has 0 N–H and O–H groups in total. The highest BCUT2D eigenvalue weighted by molar-refractivity contribution is 5.73. The lowest BCUT2D eigenvalue weighted by Crippen LogP contribution is -2.74. The van der Waals surface area contributed by atoms with Crippen LogP contribution in [0, 0.1) is 12.3 Å². The van der Waals surface area contributed by atoms with Crippen LogP contribution < -0.4 is 0 Å². The first kappa shape index (κ1) is 17.8. The molecule has 2 aliphatic heterocycles. The van der Waals surface area contributed by atoms with Gasteiger partial charge in [-0.3, -0.25) is 0 Å². The summed E-state index contributed by atoms with van der Waals surface area (Å²) in [7, 11) is 2.28. The third-order valence-electron chi connectivity index (χ3n) is 7.28. The van der Waals surface area contributed by atoms with E-state index < -0.39 is 0 Å². The Morgan fingerprint density at radius 1 is 1.27 bits per heavy atom. The highest BCUT2D eigenvalue weighted by Crippen LogP contribution is 2.55. The number of hydrazine groups is 1. The summed E-state index contributed by atoms with van der Waals surface area (Å²) in [4.78, 5) is 0. The van der Waals surface area contributed by atoms with E-state index in [0.717, 1.165) is 25.8 Å². The van der Waals surface area contributed by atoms with E-state index in [9.17, 15) is 0 Å². The number of hydrogen-bond donors (Lipinski definition) is 0. The monoisotopic (exact) mass is 348 g/mol. The number of aryl methyl sites for hydroxylation is 1. The fraction of sp³-hybridized carbons (Fsp3) is 0.500. The van der Waals surface area contributed by atoms with Gasteiger partial charge in [0.25, 0.3) is 0 Å². The Labute approximate surface area is 158 Å². The largest absolute Gasteiger partial charge is 0.236 e. The molecule has 1 aliphatic carbocycles. The molecule has 2 nitrogen and oxygen atoms in total. The predicted molar refractivity (Wildman–Crippen MR) is 111 cm³/mol. The standard InChI is InChI=1S/C24H32N2/c1-6-19-12-10-15-24(7-2)18(4)21(20-13-9-8-11-17(20)3)14-16-26-23(24)22(19)25(26)5/h7-9,11-13,22-23H,2,6,10,14-16H2,1,3-5H3/t22-,23?,24?/m1/s1.